The van der Waals surface area contributed by atoms with Gasteiger partial charge in [0.15, 0.2) is 0 Å². The summed E-state index contributed by atoms with van der Waals surface area (Å²) in [6.07, 6.45) is 6.40. The van der Waals surface area contributed by atoms with Gasteiger partial charge in [-0.1, -0.05) is 36.2 Å². The summed E-state index contributed by atoms with van der Waals surface area (Å²) in [7, 11) is 1.93. The Hall–Kier alpha value is -1.35. The minimum Gasteiger partial charge on any atom is -0.346 e. The lowest BCUT2D eigenvalue weighted by atomic mass is 10.0. The molecule has 0 saturated carbocycles. The third-order valence-corrected chi connectivity index (χ3v) is 4.36. The van der Waals surface area contributed by atoms with Crippen molar-refractivity contribution >= 4 is 5.91 Å². The second-order valence-corrected chi connectivity index (χ2v) is 6.24. The van der Waals surface area contributed by atoms with Gasteiger partial charge in [0.05, 0.1) is 0 Å². The van der Waals surface area contributed by atoms with Crippen molar-refractivity contribution in [3.05, 3.63) is 35.4 Å². The lowest BCUT2D eigenvalue weighted by Gasteiger charge is -2.26. The summed E-state index contributed by atoms with van der Waals surface area (Å²) in [5.74, 6) is 0.257. The number of hydrogen-bond donors (Lipinski definition) is 1. The first-order valence-corrected chi connectivity index (χ1v) is 8.18. The molecule has 1 fully saturated rings. The predicted octanol–water partition coefficient (Wildman–Crippen LogP) is 2.92. The van der Waals surface area contributed by atoms with Crippen molar-refractivity contribution in [1.29, 1.82) is 0 Å². The fourth-order valence-corrected chi connectivity index (χ4v) is 2.95. The van der Waals surface area contributed by atoms with E-state index in [1.165, 1.54) is 30.4 Å². The van der Waals surface area contributed by atoms with Gasteiger partial charge in [-0.3, -0.25) is 4.79 Å². The number of hydrogen-bond acceptors (Lipinski definition) is 2. The lowest BCUT2D eigenvalue weighted by molar-refractivity contribution is -0.130. The molecule has 1 saturated heterocycles. The van der Waals surface area contributed by atoms with E-state index in [-0.39, 0.29) is 5.91 Å². The Morgan fingerprint density at radius 3 is 2.95 bits per heavy atom. The highest BCUT2D eigenvalue weighted by atomic mass is 16.2. The van der Waals surface area contributed by atoms with Crippen LogP contribution in [0, 0.1) is 6.92 Å². The molecule has 3 heteroatoms. The first-order valence-electron chi connectivity index (χ1n) is 8.18. The molecule has 1 amide bonds. The number of benzene rings is 1. The Kier molecular flexibility index (Phi) is 6.24. The predicted molar refractivity (Wildman–Crippen MR) is 87.4 cm³/mol. The van der Waals surface area contributed by atoms with Gasteiger partial charge in [0.1, 0.15) is 0 Å². The number of rotatable bonds is 6. The normalized spacial score (nSPS) is 18.5. The summed E-state index contributed by atoms with van der Waals surface area (Å²) in [5, 5.41) is 3.54. The fraction of sp³-hybridized carbons (Fsp3) is 0.611. The van der Waals surface area contributed by atoms with Gasteiger partial charge >= 0.3 is 0 Å². The second-order valence-electron chi connectivity index (χ2n) is 6.24. The van der Waals surface area contributed by atoms with E-state index in [0.717, 1.165) is 25.9 Å². The summed E-state index contributed by atoms with van der Waals surface area (Å²) in [5.41, 5.74) is 2.52. The zero-order chi connectivity index (χ0) is 15.1. The van der Waals surface area contributed by atoms with Crippen molar-refractivity contribution in [3.63, 3.8) is 0 Å². The van der Waals surface area contributed by atoms with Crippen molar-refractivity contribution in [1.82, 2.24) is 10.2 Å². The topological polar surface area (TPSA) is 32.3 Å². The Balaban J connectivity index is 1.69. The van der Waals surface area contributed by atoms with Crippen molar-refractivity contribution < 1.29 is 4.79 Å². The molecule has 0 spiro atoms. The minimum absolute atomic E-state index is 0.257. The van der Waals surface area contributed by atoms with Crippen molar-refractivity contribution in [2.45, 2.75) is 51.5 Å². The molecule has 0 bridgehead atoms. The summed E-state index contributed by atoms with van der Waals surface area (Å²) < 4.78 is 0. The molecule has 1 aliphatic heterocycles. The molecule has 1 N–H and O–H groups in total. The number of nitrogens with zero attached hydrogens (tertiary/aromatic N) is 1. The smallest absolute Gasteiger partial charge is 0.222 e. The van der Waals surface area contributed by atoms with Crippen LogP contribution in [0.25, 0.3) is 0 Å². The van der Waals surface area contributed by atoms with E-state index in [2.05, 4.69) is 36.5 Å². The zero-order valence-corrected chi connectivity index (χ0v) is 13.4. The number of carbonyl (C=O) groups is 1. The van der Waals surface area contributed by atoms with Crippen LogP contribution in [0.4, 0.5) is 0 Å². The molecule has 0 aliphatic carbocycles. The summed E-state index contributed by atoms with van der Waals surface area (Å²) in [6.45, 7) is 4.09. The maximum atomic E-state index is 12.2. The third kappa shape index (κ3) is 5.50. The van der Waals surface area contributed by atoms with E-state index in [9.17, 15) is 4.79 Å². The summed E-state index contributed by atoms with van der Waals surface area (Å²) in [4.78, 5) is 14.1. The molecule has 1 aromatic carbocycles. The Bertz CT molecular complexity index is 452. The number of amides is 1. The Morgan fingerprint density at radius 2 is 2.24 bits per heavy atom. The monoisotopic (exact) mass is 288 g/mol. The molecule has 1 heterocycles. The van der Waals surface area contributed by atoms with Gasteiger partial charge in [-0.25, -0.2) is 0 Å². The Labute approximate surface area is 128 Å². The number of aryl methyl sites for hydroxylation is 2. The average Bonchev–Trinajstić information content (AvgIpc) is 2.51. The molecule has 0 radical (unpaired) electrons. The second kappa shape index (κ2) is 8.18. The molecular formula is C18H28N2O. The van der Waals surface area contributed by atoms with Gasteiger partial charge in [0.2, 0.25) is 5.91 Å². The molecule has 1 unspecified atom stereocenters. The number of nitrogens with one attached hydrogen (secondary N) is 1. The van der Waals surface area contributed by atoms with Crippen molar-refractivity contribution in [3.8, 4) is 0 Å². The molecule has 21 heavy (non-hydrogen) atoms. The SMILES string of the molecule is Cc1cccc(CCC(=O)N(C)CCC2CCCCN2)c1. The zero-order valence-electron chi connectivity index (χ0n) is 13.4. The largest absolute Gasteiger partial charge is 0.346 e. The van der Waals surface area contributed by atoms with Gasteiger partial charge in [-0.15, -0.1) is 0 Å². The van der Waals surface area contributed by atoms with Gasteiger partial charge in [0, 0.05) is 26.1 Å². The molecular weight excluding hydrogens is 260 g/mol. The highest BCUT2D eigenvalue weighted by Crippen LogP contribution is 2.11. The van der Waals surface area contributed by atoms with Crippen LogP contribution in [0.3, 0.4) is 0 Å². The van der Waals surface area contributed by atoms with E-state index in [4.69, 9.17) is 0 Å². The van der Waals surface area contributed by atoms with Gasteiger partial charge in [-0.2, -0.15) is 0 Å². The van der Waals surface area contributed by atoms with Crippen LogP contribution in [0.15, 0.2) is 24.3 Å². The third-order valence-electron chi connectivity index (χ3n) is 4.36. The quantitative estimate of drug-likeness (QED) is 0.873. The number of piperidine rings is 1. The van der Waals surface area contributed by atoms with E-state index >= 15 is 0 Å². The van der Waals surface area contributed by atoms with Gasteiger partial charge in [0.25, 0.3) is 0 Å². The maximum Gasteiger partial charge on any atom is 0.222 e. The standard InChI is InChI=1S/C18H28N2O/c1-15-6-5-7-16(14-15)9-10-18(21)20(2)13-11-17-8-3-4-12-19-17/h5-7,14,17,19H,3-4,8-13H2,1-2H3. The van der Waals surface area contributed by atoms with E-state index in [1.807, 2.05) is 11.9 Å². The molecule has 2 rings (SSSR count). The van der Waals surface area contributed by atoms with Gasteiger partial charge < -0.3 is 10.2 Å². The Morgan fingerprint density at radius 1 is 1.38 bits per heavy atom. The van der Waals surface area contributed by atoms with E-state index in [1.54, 1.807) is 0 Å². The first kappa shape index (κ1) is 16.0. The molecule has 3 nitrogen and oxygen atoms in total. The fourth-order valence-electron chi connectivity index (χ4n) is 2.95. The van der Waals surface area contributed by atoms with Crippen molar-refractivity contribution in [2.24, 2.45) is 0 Å². The minimum atomic E-state index is 0.257. The molecule has 0 aromatic heterocycles. The van der Waals surface area contributed by atoms with Crippen LogP contribution in [-0.4, -0.2) is 37.0 Å². The molecule has 1 aliphatic rings. The maximum absolute atomic E-state index is 12.2. The van der Waals surface area contributed by atoms with E-state index in [0.29, 0.717) is 12.5 Å². The highest BCUT2D eigenvalue weighted by Gasteiger charge is 2.15. The lowest BCUT2D eigenvalue weighted by Crippen LogP contribution is -2.38. The molecule has 1 atom stereocenters. The van der Waals surface area contributed by atoms with Crippen LogP contribution in [0.2, 0.25) is 0 Å². The molecule has 116 valence electrons. The van der Waals surface area contributed by atoms with Crippen LogP contribution >= 0.6 is 0 Å². The first-order chi connectivity index (χ1) is 10.1. The van der Waals surface area contributed by atoms with Crippen molar-refractivity contribution in [2.75, 3.05) is 20.1 Å². The van der Waals surface area contributed by atoms with Crippen LogP contribution in [0.1, 0.15) is 43.2 Å². The number of carbonyl (C=O) groups excluding carboxylic acids is 1. The van der Waals surface area contributed by atoms with Crippen LogP contribution in [0.5, 0.6) is 0 Å². The summed E-state index contributed by atoms with van der Waals surface area (Å²) in [6, 6.07) is 9.03. The van der Waals surface area contributed by atoms with Crippen LogP contribution < -0.4 is 5.32 Å². The van der Waals surface area contributed by atoms with Gasteiger partial charge in [-0.05, 0) is 44.7 Å². The van der Waals surface area contributed by atoms with E-state index < -0.39 is 0 Å². The van der Waals surface area contributed by atoms with Crippen LogP contribution in [-0.2, 0) is 11.2 Å². The highest BCUT2D eigenvalue weighted by molar-refractivity contribution is 5.76. The average molecular weight is 288 g/mol. The summed E-state index contributed by atoms with van der Waals surface area (Å²) >= 11 is 0. The molecule has 1 aromatic rings.